The second-order valence-corrected chi connectivity index (χ2v) is 5.71. The number of hydrogen-bond donors (Lipinski definition) is 1. The molecule has 1 aliphatic rings. The first-order valence-electron chi connectivity index (χ1n) is 6.63. The molecule has 0 amide bonds. The van der Waals surface area contributed by atoms with Gasteiger partial charge >= 0.3 is 0 Å². The summed E-state index contributed by atoms with van der Waals surface area (Å²) in [4.78, 5) is 10.2. The van der Waals surface area contributed by atoms with Crippen molar-refractivity contribution in [1.82, 2.24) is 5.32 Å². The largest absolute Gasteiger partial charge is 0.350 e. The summed E-state index contributed by atoms with van der Waals surface area (Å²) >= 11 is 12.4. The third-order valence-electron chi connectivity index (χ3n) is 3.52. The van der Waals surface area contributed by atoms with E-state index in [-0.39, 0.29) is 18.0 Å². The van der Waals surface area contributed by atoms with Crippen LogP contribution >= 0.6 is 23.2 Å². The molecule has 1 heterocycles. The maximum Gasteiger partial charge on any atom is 0.269 e. The fraction of sp³-hybridized carbons (Fsp3) is 0.200. The van der Waals surface area contributed by atoms with E-state index in [1.165, 1.54) is 12.1 Å². The van der Waals surface area contributed by atoms with Crippen LogP contribution in [0.25, 0.3) is 0 Å². The van der Waals surface area contributed by atoms with Crippen LogP contribution in [0.5, 0.6) is 0 Å². The van der Waals surface area contributed by atoms with Crippen molar-refractivity contribution in [1.29, 1.82) is 0 Å². The predicted octanol–water partition coefficient (Wildman–Crippen LogP) is 4.26. The number of nitrogens with one attached hydrogen (secondary N) is 1. The van der Waals surface area contributed by atoms with E-state index >= 15 is 0 Å². The minimum Gasteiger partial charge on any atom is -0.350 e. The molecule has 2 aromatic carbocycles. The Kier molecular flexibility index (Phi) is 4.31. The molecule has 5 nitrogen and oxygen atoms in total. The molecule has 0 aliphatic carbocycles. The Labute approximate surface area is 137 Å². The molecule has 0 saturated carbocycles. The van der Waals surface area contributed by atoms with E-state index < -0.39 is 4.92 Å². The molecule has 1 aliphatic heterocycles. The van der Waals surface area contributed by atoms with Crippen LogP contribution < -0.4 is 5.32 Å². The normalized spacial score (nSPS) is 21.0. The lowest BCUT2D eigenvalue weighted by Crippen LogP contribution is -2.13. The number of rotatable bonds is 3. The van der Waals surface area contributed by atoms with Crippen molar-refractivity contribution in [3.63, 3.8) is 0 Å². The summed E-state index contributed by atoms with van der Waals surface area (Å²) in [6, 6.07) is 11.6. The molecule has 0 spiro atoms. The fourth-order valence-corrected chi connectivity index (χ4v) is 3.07. The molecule has 2 aromatic rings. The van der Waals surface area contributed by atoms with Gasteiger partial charge in [0.25, 0.3) is 5.69 Å². The number of hydrogen-bond acceptors (Lipinski definition) is 4. The molecule has 0 radical (unpaired) electrons. The molecule has 0 aromatic heterocycles. The molecule has 114 valence electrons. The third-order valence-corrected chi connectivity index (χ3v) is 4.18. The standard InChI is InChI=1S/C15H12Cl2N2O3/c16-11-2-1-3-12(17)14(11)13-8-18-15(22-13)9-4-6-10(7-5-9)19(20)21/h1-7,13,15,18H,8H2/t13-,15+/m1/s1. The van der Waals surface area contributed by atoms with Crippen LogP contribution in [0.4, 0.5) is 5.69 Å². The van der Waals surface area contributed by atoms with Crippen molar-refractivity contribution < 1.29 is 9.66 Å². The molecule has 1 N–H and O–H groups in total. The van der Waals surface area contributed by atoms with Gasteiger partial charge in [0.15, 0.2) is 0 Å². The van der Waals surface area contributed by atoms with Gasteiger partial charge in [0.05, 0.1) is 4.92 Å². The van der Waals surface area contributed by atoms with E-state index in [1.54, 1.807) is 30.3 Å². The van der Waals surface area contributed by atoms with Crippen LogP contribution in [0.1, 0.15) is 23.5 Å². The van der Waals surface area contributed by atoms with Crippen LogP contribution in [0.2, 0.25) is 10.0 Å². The Bertz CT molecular complexity index is 686. The highest BCUT2D eigenvalue weighted by Gasteiger charge is 2.30. The monoisotopic (exact) mass is 338 g/mol. The van der Waals surface area contributed by atoms with Crippen LogP contribution in [0.3, 0.4) is 0 Å². The maximum absolute atomic E-state index is 10.7. The number of halogens is 2. The summed E-state index contributed by atoms with van der Waals surface area (Å²) < 4.78 is 5.95. The molecule has 22 heavy (non-hydrogen) atoms. The quantitative estimate of drug-likeness (QED) is 0.670. The number of nitro groups is 1. The minimum absolute atomic E-state index is 0.0486. The van der Waals surface area contributed by atoms with E-state index in [1.807, 2.05) is 0 Å². The smallest absolute Gasteiger partial charge is 0.269 e. The van der Waals surface area contributed by atoms with Crippen LogP contribution in [0, 0.1) is 10.1 Å². The first-order valence-corrected chi connectivity index (χ1v) is 7.39. The van der Waals surface area contributed by atoms with Gasteiger partial charge in [-0.15, -0.1) is 0 Å². The van der Waals surface area contributed by atoms with Crippen LogP contribution in [-0.2, 0) is 4.74 Å². The highest BCUT2D eigenvalue weighted by atomic mass is 35.5. The molecule has 0 unspecified atom stereocenters. The highest BCUT2D eigenvalue weighted by Crippen LogP contribution is 2.38. The summed E-state index contributed by atoms with van der Waals surface area (Å²) in [5.41, 5.74) is 1.62. The van der Waals surface area contributed by atoms with Gasteiger partial charge in [-0.2, -0.15) is 0 Å². The summed E-state index contributed by atoms with van der Waals surface area (Å²) in [7, 11) is 0. The average Bonchev–Trinajstić information content (AvgIpc) is 2.97. The lowest BCUT2D eigenvalue weighted by Gasteiger charge is -2.15. The van der Waals surface area contributed by atoms with Gasteiger partial charge in [0.1, 0.15) is 12.3 Å². The van der Waals surface area contributed by atoms with Crippen molar-refractivity contribution in [2.45, 2.75) is 12.3 Å². The zero-order chi connectivity index (χ0) is 15.7. The second kappa shape index (κ2) is 6.22. The zero-order valence-corrected chi connectivity index (χ0v) is 12.8. The van der Waals surface area contributed by atoms with Gasteiger partial charge < -0.3 is 4.74 Å². The lowest BCUT2D eigenvalue weighted by atomic mass is 10.1. The lowest BCUT2D eigenvalue weighted by molar-refractivity contribution is -0.384. The van der Waals surface area contributed by atoms with Crippen molar-refractivity contribution in [3.05, 3.63) is 73.8 Å². The van der Waals surface area contributed by atoms with Gasteiger partial charge in [-0.25, -0.2) is 0 Å². The van der Waals surface area contributed by atoms with Crippen molar-refractivity contribution in [2.24, 2.45) is 0 Å². The van der Waals surface area contributed by atoms with Crippen molar-refractivity contribution in [2.75, 3.05) is 6.54 Å². The Hall–Kier alpha value is -1.66. The molecule has 2 atom stereocenters. The maximum atomic E-state index is 10.7. The van der Waals surface area contributed by atoms with E-state index in [4.69, 9.17) is 27.9 Å². The molecule has 1 saturated heterocycles. The SMILES string of the molecule is O=[N+]([O-])c1ccc([C@H]2NC[C@H](c3c(Cl)cccc3Cl)O2)cc1. The minimum atomic E-state index is -0.432. The molecule has 7 heteroatoms. The van der Waals surface area contributed by atoms with Crippen LogP contribution in [0.15, 0.2) is 42.5 Å². The Morgan fingerprint density at radius 2 is 1.77 bits per heavy atom. The van der Waals surface area contributed by atoms with Gasteiger partial charge in [-0.1, -0.05) is 29.3 Å². The molecular formula is C15H12Cl2N2O3. The first kappa shape index (κ1) is 15.2. The molecular weight excluding hydrogens is 327 g/mol. The van der Waals surface area contributed by atoms with Crippen LogP contribution in [-0.4, -0.2) is 11.5 Å². The predicted molar refractivity (Wildman–Crippen MR) is 84.1 cm³/mol. The summed E-state index contributed by atoms with van der Waals surface area (Å²) in [5, 5.41) is 15.0. The van der Waals surface area contributed by atoms with Crippen molar-refractivity contribution >= 4 is 28.9 Å². The van der Waals surface area contributed by atoms with Crippen molar-refractivity contribution in [3.8, 4) is 0 Å². The second-order valence-electron chi connectivity index (χ2n) is 4.90. The van der Waals surface area contributed by atoms with E-state index in [2.05, 4.69) is 5.32 Å². The van der Waals surface area contributed by atoms with Gasteiger partial charge in [-0.05, 0) is 29.8 Å². The summed E-state index contributed by atoms with van der Waals surface area (Å²) in [6.07, 6.45) is -0.612. The molecule has 3 rings (SSSR count). The van der Waals surface area contributed by atoms with E-state index in [0.717, 1.165) is 11.1 Å². The summed E-state index contributed by atoms with van der Waals surface area (Å²) in [5.74, 6) is 0. The summed E-state index contributed by atoms with van der Waals surface area (Å²) in [6.45, 7) is 0.561. The number of benzene rings is 2. The Balaban J connectivity index is 1.79. The number of ether oxygens (including phenoxy) is 1. The first-order chi connectivity index (χ1) is 10.6. The Morgan fingerprint density at radius 3 is 2.36 bits per heavy atom. The van der Waals surface area contributed by atoms with E-state index in [0.29, 0.717) is 16.6 Å². The van der Waals surface area contributed by atoms with E-state index in [9.17, 15) is 10.1 Å². The topological polar surface area (TPSA) is 64.4 Å². The number of non-ortho nitro benzene ring substituents is 1. The van der Waals surface area contributed by atoms with Gasteiger partial charge in [0, 0.05) is 34.3 Å². The zero-order valence-electron chi connectivity index (χ0n) is 11.3. The Morgan fingerprint density at radius 1 is 1.14 bits per heavy atom. The molecule has 1 fully saturated rings. The highest BCUT2D eigenvalue weighted by molar-refractivity contribution is 6.36. The fourth-order valence-electron chi connectivity index (χ4n) is 2.43. The third kappa shape index (κ3) is 2.94. The average molecular weight is 339 g/mol. The van der Waals surface area contributed by atoms with Gasteiger partial charge in [0.2, 0.25) is 0 Å². The number of nitrogens with zero attached hydrogens (tertiary/aromatic N) is 1. The molecule has 0 bridgehead atoms. The van der Waals surface area contributed by atoms with Gasteiger partial charge in [-0.3, -0.25) is 15.4 Å². The number of nitro benzene ring substituents is 1.